The van der Waals surface area contributed by atoms with Gasteiger partial charge in [-0.1, -0.05) is 0 Å². The molecule has 2 aliphatic carbocycles. The van der Waals surface area contributed by atoms with Gasteiger partial charge in [0.25, 0.3) is 0 Å². The number of nitriles is 1. The highest BCUT2D eigenvalue weighted by Gasteiger charge is 2.34. The lowest BCUT2D eigenvalue weighted by molar-refractivity contribution is -0.139. The lowest BCUT2D eigenvalue weighted by Gasteiger charge is -2.19. The lowest BCUT2D eigenvalue weighted by atomic mass is 9.91. The fourth-order valence-corrected chi connectivity index (χ4v) is 4.02. The molecule has 1 aromatic heterocycles. The van der Waals surface area contributed by atoms with E-state index < -0.39 is 11.9 Å². The van der Waals surface area contributed by atoms with Crippen LogP contribution in [0.15, 0.2) is 0 Å². The van der Waals surface area contributed by atoms with Crippen molar-refractivity contribution in [3.05, 3.63) is 10.6 Å². The minimum absolute atomic E-state index is 0.444. The molecule has 2 aliphatic rings. The molecule has 5 nitrogen and oxygen atoms in total. The van der Waals surface area contributed by atoms with E-state index in [1.165, 1.54) is 0 Å². The molecule has 0 radical (unpaired) electrons. The van der Waals surface area contributed by atoms with Crippen molar-refractivity contribution < 1.29 is 9.90 Å². The summed E-state index contributed by atoms with van der Waals surface area (Å²) >= 11 is 1.63. The quantitative estimate of drug-likeness (QED) is 0.902. The van der Waals surface area contributed by atoms with Gasteiger partial charge in [0, 0.05) is 17.5 Å². The Kier molecular flexibility index (Phi) is 3.62. The maximum Gasteiger partial charge on any atom is 0.312 e. The van der Waals surface area contributed by atoms with E-state index in [-0.39, 0.29) is 0 Å². The van der Waals surface area contributed by atoms with E-state index in [0.29, 0.717) is 25.4 Å². The van der Waals surface area contributed by atoms with Crippen LogP contribution in [0.2, 0.25) is 0 Å². The first-order valence-electron chi connectivity index (χ1n) is 7.06. The van der Waals surface area contributed by atoms with E-state index in [1.54, 1.807) is 11.3 Å². The number of carboxylic acid groups (broad SMARTS) is 1. The first-order chi connectivity index (χ1) is 9.70. The van der Waals surface area contributed by atoms with Crippen molar-refractivity contribution in [2.45, 2.75) is 50.5 Å². The second-order valence-electron chi connectivity index (χ2n) is 5.42. The van der Waals surface area contributed by atoms with E-state index >= 15 is 0 Å². The average Bonchev–Trinajstić information content (AvgIpc) is 3.17. The van der Waals surface area contributed by atoms with Gasteiger partial charge in [-0.05, 0) is 32.1 Å². The van der Waals surface area contributed by atoms with Crippen LogP contribution in [0.4, 0.5) is 5.13 Å². The molecule has 1 unspecified atom stereocenters. The Hall–Kier alpha value is -1.61. The first-order valence-corrected chi connectivity index (χ1v) is 7.88. The molecule has 0 saturated heterocycles. The zero-order valence-electron chi connectivity index (χ0n) is 11.2. The molecule has 106 valence electrons. The van der Waals surface area contributed by atoms with Crippen LogP contribution in [-0.2, 0) is 11.2 Å². The molecule has 1 saturated carbocycles. The van der Waals surface area contributed by atoms with E-state index in [2.05, 4.69) is 16.0 Å². The number of aryl methyl sites for hydroxylation is 1. The largest absolute Gasteiger partial charge is 0.481 e. The van der Waals surface area contributed by atoms with Crippen molar-refractivity contribution in [2.75, 3.05) is 11.4 Å². The first kappa shape index (κ1) is 13.4. The zero-order valence-corrected chi connectivity index (χ0v) is 12.0. The lowest BCUT2D eigenvalue weighted by Crippen LogP contribution is -2.26. The molecular formula is C14H17N3O2S. The third-order valence-electron chi connectivity index (χ3n) is 3.94. The summed E-state index contributed by atoms with van der Waals surface area (Å²) < 4.78 is 0. The van der Waals surface area contributed by atoms with Crippen molar-refractivity contribution in [1.82, 2.24) is 4.98 Å². The van der Waals surface area contributed by atoms with Gasteiger partial charge < -0.3 is 10.0 Å². The Morgan fingerprint density at radius 3 is 2.95 bits per heavy atom. The van der Waals surface area contributed by atoms with Gasteiger partial charge in [-0.15, -0.1) is 11.3 Å². The molecule has 0 amide bonds. The summed E-state index contributed by atoms with van der Waals surface area (Å²) in [5.74, 6) is -1.21. The molecule has 0 bridgehead atoms. The number of aromatic nitrogens is 1. The Balaban J connectivity index is 1.87. The van der Waals surface area contributed by atoms with Crippen molar-refractivity contribution in [3.63, 3.8) is 0 Å². The highest BCUT2D eigenvalue weighted by atomic mass is 32.1. The number of thiazole rings is 1. The zero-order chi connectivity index (χ0) is 14.1. The number of hydrogen-bond acceptors (Lipinski definition) is 5. The number of fused-ring (bicyclic) bond motifs is 1. The average molecular weight is 291 g/mol. The molecular weight excluding hydrogens is 274 g/mol. The molecule has 1 heterocycles. The van der Waals surface area contributed by atoms with Crippen molar-refractivity contribution in [1.29, 1.82) is 5.26 Å². The second kappa shape index (κ2) is 5.41. The van der Waals surface area contributed by atoms with E-state index in [1.807, 2.05) is 0 Å². The molecule has 6 heteroatoms. The number of nitrogens with zero attached hydrogens (tertiary/aromatic N) is 3. The third kappa shape index (κ3) is 2.50. The fraction of sp³-hybridized carbons (Fsp3) is 0.643. The molecule has 3 rings (SSSR count). The van der Waals surface area contributed by atoms with Gasteiger partial charge in [0.2, 0.25) is 0 Å². The number of anilines is 1. The molecule has 0 aliphatic heterocycles. The summed E-state index contributed by atoms with van der Waals surface area (Å²) in [5.41, 5.74) is 0.770. The van der Waals surface area contributed by atoms with E-state index in [9.17, 15) is 9.90 Å². The summed E-state index contributed by atoms with van der Waals surface area (Å²) in [6.45, 7) is 0.700. The Bertz CT molecular complexity index is 559. The van der Waals surface area contributed by atoms with Crippen LogP contribution in [-0.4, -0.2) is 28.6 Å². The fourth-order valence-electron chi connectivity index (χ4n) is 2.76. The number of hydrogen-bond donors (Lipinski definition) is 1. The van der Waals surface area contributed by atoms with Crippen LogP contribution in [0.3, 0.4) is 0 Å². The molecule has 1 fully saturated rings. The number of aliphatic carboxylic acids is 1. The second-order valence-corrected chi connectivity index (χ2v) is 6.48. The van der Waals surface area contributed by atoms with Crippen molar-refractivity contribution in [3.8, 4) is 6.07 Å². The minimum atomic E-state index is -0.766. The maximum atomic E-state index is 11.3. The smallest absolute Gasteiger partial charge is 0.312 e. The Labute approximate surface area is 121 Å². The maximum absolute atomic E-state index is 11.3. The number of carbonyl (C=O) groups is 1. The summed E-state index contributed by atoms with van der Waals surface area (Å²) in [7, 11) is 0. The van der Waals surface area contributed by atoms with Gasteiger partial charge in [0.15, 0.2) is 5.13 Å². The van der Waals surface area contributed by atoms with Crippen LogP contribution >= 0.6 is 11.3 Å². The molecule has 1 N–H and O–H groups in total. The van der Waals surface area contributed by atoms with Crippen molar-refractivity contribution in [2.24, 2.45) is 0 Å². The predicted octanol–water partition coefficient (Wildman–Crippen LogP) is 2.53. The highest BCUT2D eigenvalue weighted by Crippen LogP contribution is 2.41. The Morgan fingerprint density at radius 1 is 1.50 bits per heavy atom. The van der Waals surface area contributed by atoms with Gasteiger partial charge in [-0.3, -0.25) is 4.79 Å². The summed E-state index contributed by atoms with van der Waals surface area (Å²) in [6.07, 6.45) is 5.34. The van der Waals surface area contributed by atoms with Gasteiger partial charge >= 0.3 is 5.97 Å². The summed E-state index contributed by atoms with van der Waals surface area (Å²) in [4.78, 5) is 19.3. The van der Waals surface area contributed by atoms with Crippen LogP contribution in [0, 0.1) is 11.3 Å². The van der Waals surface area contributed by atoms with E-state index in [4.69, 9.17) is 5.26 Å². The number of rotatable bonds is 5. The number of carboxylic acids is 1. The van der Waals surface area contributed by atoms with Gasteiger partial charge in [-0.25, -0.2) is 4.98 Å². The van der Waals surface area contributed by atoms with Gasteiger partial charge in [0.05, 0.1) is 18.2 Å². The Morgan fingerprint density at radius 2 is 2.30 bits per heavy atom. The van der Waals surface area contributed by atoms with E-state index in [0.717, 1.165) is 41.4 Å². The minimum Gasteiger partial charge on any atom is -0.481 e. The molecule has 0 aromatic carbocycles. The normalized spacial score (nSPS) is 21.1. The third-order valence-corrected chi connectivity index (χ3v) is 5.11. The monoisotopic (exact) mass is 291 g/mol. The van der Waals surface area contributed by atoms with Crippen LogP contribution in [0.5, 0.6) is 0 Å². The van der Waals surface area contributed by atoms with Crippen LogP contribution in [0.1, 0.15) is 48.6 Å². The van der Waals surface area contributed by atoms with Gasteiger partial charge in [0.1, 0.15) is 5.92 Å². The van der Waals surface area contributed by atoms with Crippen LogP contribution in [0.25, 0.3) is 0 Å². The van der Waals surface area contributed by atoms with Crippen LogP contribution < -0.4 is 4.90 Å². The van der Waals surface area contributed by atoms with Crippen molar-refractivity contribution >= 4 is 22.4 Å². The standard InChI is InChI=1S/C14H17N3O2S/c15-7-2-8-17(9-5-6-9)14-16-12-10(13(18)19)3-1-4-11(12)20-14/h9-10H,1-6,8H2,(H,18,19). The summed E-state index contributed by atoms with van der Waals surface area (Å²) in [6, 6.07) is 2.68. The highest BCUT2D eigenvalue weighted by molar-refractivity contribution is 7.15. The predicted molar refractivity (Wildman–Crippen MR) is 76.0 cm³/mol. The van der Waals surface area contributed by atoms with Gasteiger partial charge in [-0.2, -0.15) is 5.26 Å². The summed E-state index contributed by atoms with van der Waals surface area (Å²) in [5, 5.41) is 19.0. The molecule has 1 aromatic rings. The SMILES string of the molecule is N#CCCN(c1nc2c(s1)CCCC2C(=O)O)C1CC1. The molecule has 1 atom stereocenters. The topological polar surface area (TPSA) is 77.2 Å². The molecule has 0 spiro atoms. The molecule has 20 heavy (non-hydrogen) atoms.